The number of halogens is 5. The van der Waals surface area contributed by atoms with Crippen molar-refractivity contribution in [1.82, 2.24) is 0 Å². The Labute approximate surface area is 274 Å². The van der Waals surface area contributed by atoms with Gasteiger partial charge in [0, 0.05) is 5.56 Å². The molecule has 0 heterocycles. The van der Waals surface area contributed by atoms with Gasteiger partial charge in [-0.1, -0.05) is 70.1 Å². The van der Waals surface area contributed by atoms with Crippen LogP contribution < -0.4 is 103 Å². The smallest absolute Gasteiger partial charge is 1.00 e. The minimum Gasteiger partial charge on any atom is -1.00 e. The van der Waals surface area contributed by atoms with Gasteiger partial charge in [-0.15, -0.1) is 0 Å². The van der Waals surface area contributed by atoms with E-state index in [4.69, 9.17) is 62.6 Å². The maximum Gasteiger partial charge on any atom is 1.00 e. The van der Waals surface area contributed by atoms with Crippen molar-refractivity contribution in [3.8, 4) is 0 Å². The van der Waals surface area contributed by atoms with Crippen LogP contribution in [0.1, 0.15) is 19.6 Å². The summed E-state index contributed by atoms with van der Waals surface area (Å²) in [6.07, 6.45) is 0. The monoisotopic (exact) mass is 578 g/mol. The molecule has 0 spiro atoms. The van der Waals surface area contributed by atoms with E-state index in [0.717, 1.165) is 24.3 Å². The van der Waals surface area contributed by atoms with E-state index in [2.05, 4.69) is 0 Å². The predicted molar refractivity (Wildman–Crippen MR) is 104 cm³/mol. The van der Waals surface area contributed by atoms with E-state index in [0.29, 0.717) is 0 Å². The van der Waals surface area contributed by atoms with Crippen molar-refractivity contribution in [3.05, 3.63) is 60.5 Å². The van der Waals surface area contributed by atoms with Gasteiger partial charge in [0.2, 0.25) is 0 Å². The molecule has 0 amide bonds. The molecule has 0 saturated carbocycles. The molecule has 0 aromatic heterocycles. The Morgan fingerprint density at radius 1 is 0.821 bits per heavy atom. The number of hydrogen-bond acceptors (Lipinski definition) is 3. The molecule has 0 aliphatic rings. The van der Waals surface area contributed by atoms with Gasteiger partial charge in [0.25, 0.3) is 10.1 Å². The van der Waals surface area contributed by atoms with Crippen LogP contribution in [0.4, 0.5) is 0 Å². The summed E-state index contributed by atoms with van der Waals surface area (Å²) in [5.74, 6) is 0. The second kappa shape index (κ2) is 12.1. The van der Waals surface area contributed by atoms with Gasteiger partial charge in [-0.05, 0) is 17.7 Å². The standard InChI is InChI=1S/C13H8Cl5O6PS.2K.2H/c14-8-7(9(15)11(17)12(18)10(8)16)13(25(19,20)21)5-1-3-6(4-2-5)26(22,23)24;;;;/h1-4,13H,(H2,19,20,21)(H,22,23,24);;;;/q;2*+1;2*-1. The van der Waals surface area contributed by atoms with Gasteiger partial charge in [0.15, 0.2) is 0 Å². The van der Waals surface area contributed by atoms with E-state index in [-0.39, 0.29) is 142 Å². The largest absolute Gasteiger partial charge is 1.00 e. The fraction of sp³-hybridized carbons (Fsp3) is 0.0769. The van der Waals surface area contributed by atoms with E-state index in [9.17, 15) is 22.8 Å². The number of hydrogen-bond donors (Lipinski definition) is 3. The molecule has 0 aliphatic carbocycles. The molecule has 6 nitrogen and oxygen atoms in total. The summed E-state index contributed by atoms with van der Waals surface area (Å²) in [7, 11) is -9.41. The second-order valence-electron chi connectivity index (χ2n) is 5.02. The summed E-state index contributed by atoms with van der Waals surface area (Å²) in [6, 6.07) is 4.12. The summed E-state index contributed by atoms with van der Waals surface area (Å²) >= 11 is 30.0. The van der Waals surface area contributed by atoms with Gasteiger partial charge >= 0.3 is 110 Å². The molecule has 15 heteroatoms. The van der Waals surface area contributed by atoms with Crippen LogP contribution in [0.2, 0.25) is 25.1 Å². The van der Waals surface area contributed by atoms with Crippen LogP contribution in [0.25, 0.3) is 0 Å². The summed E-state index contributed by atoms with van der Waals surface area (Å²) in [5, 5.41) is -1.29. The Morgan fingerprint density at radius 3 is 1.50 bits per heavy atom. The zero-order valence-corrected chi connectivity index (χ0v) is 25.9. The normalized spacial score (nSPS) is 12.7. The van der Waals surface area contributed by atoms with Gasteiger partial charge in [-0.3, -0.25) is 9.12 Å². The number of rotatable bonds is 4. The van der Waals surface area contributed by atoms with Gasteiger partial charge in [0.05, 0.1) is 30.0 Å². The molecule has 2 aromatic rings. The van der Waals surface area contributed by atoms with Crippen molar-refractivity contribution in [3.63, 3.8) is 0 Å². The molecular weight excluding hydrogens is 571 g/mol. The molecule has 1 atom stereocenters. The van der Waals surface area contributed by atoms with Crippen LogP contribution in [-0.4, -0.2) is 22.8 Å². The predicted octanol–water partition coefficient (Wildman–Crippen LogP) is -0.300. The molecule has 146 valence electrons. The van der Waals surface area contributed by atoms with Crippen LogP contribution in [0.3, 0.4) is 0 Å². The molecule has 1 unspecified atom stereocenters. The Kier molecular flexibility index (Phi) is 13.5. The van der Waals surface area contributed by atoms with Crippen molar-refractivity contribution in [2.24, 2.45) is 0 Å². The molecule has 3 N–H and O–H groups in total. The first kappa shape index (κ1) is 31.2. The van der Waals surface area contributed by atoms with Crippen LogP contribution in [0.15, 0.2) is 29.2 Å². The minimum absolute atomic E-state index is 0. The van der Waals surface area contributed by atoms with Gasteiger partial charge < -0.3 is 12.6 Å². The third kappa shape index (κ3) is 7.11. The maximum absolute atomic E-state index is 12.1. The molecular formula is C13H10Cl5K2O6PS. The molecule has 0 bridgehead atoms. The van der Waals surface area contributed by atoms with Gasteiger partial charge in [-0.25, -0.2) is 0 Å². The molecule has 0 saturated heterocycles. The van der Waals surface area contributed by atoms with Gasteiger partial charge in [-0.2, -0.15) is 8.42 Å². The Hall–Kier alpha value is 3.22. The Bertz CT molecular complexity index is 1010. The van der Waals surface area contributed by atoms with E-state index < -0.39 is 28.3 Å². The van der Waals surface area contributed by atoms with Crippen LogP contribution in [0, 0.1) is 0 Å². The third-order valence-corrected chi connectivity index (χ3v) is 7.75. The second-order valence-corrected chi connectivity index (χ2v) is 10.0. The average molecular weight is 581 g/mol. The quantitative estimate of drug-likeness (QED) is 0.151. The van der Waals surface area contributed by atoms with Crippen molar-refractivity contribution in [2.75, 3.05) is 0 Å². The maximum atomic E-state index is 12.1. The van der Waals surface area contributed by atoms with E-state index in [1.165, 1.54) is 0 Å². The van der Waals surface area contributed by atoms with Crippen molar-refractivity contribution in [1.29, 1.82) is 0 Å². The Balaban J connectivity index is -0.00000182. The molecule has 0 fully saturated rings. The summed E-state index contributed by atoms with van der Waals surface area (Å²) < 4.78 is 43.4. The fourth-order valence-corrected chi connectivity index (χ4v) is 5.37. The molecule has 2 rings (SSSR count). The molecule has 2 aromatic carbocycles. The summed E-state index contributed by atoms with van der Waals surface area (Å²) in [5.41, 5.74) is -2.00. The molecule has 0 radical (unpaired) electrons. The number of benzene rings is 2. The third-order valence-electron chi connectivity index (χ3n) is 3.35. The van der Waals surface area contributed by atoms with Crippen molar-refractivity contribution in [2.45, 2.75) is 10.6 Å². The van der Waals surface area contributed by atoms with Crippen LogP contribution in [0.5, 0.6) is 0 Å². The zero-order chi connectivity index (χ0) is 20.0. The first-order chi connectivity index (χ1) is 11.8. The molecule has 0 aliphatic heterocycles. The van der Waals surface area contributed by atoms with Gasteiger partial charge in [0.1, 0.15) is 5.66 Å². The van der Waals surface area contributed by atoms with Crippen LogP contribution in [-0.2, 0) is 14.7 Å². The minimum atomic E-state index is -4.93. The average Bonchev–Trinajstić information content (AvgIpc) is 2.53. The summed E-state index contributed by atoms with van der Waals surface area (Å²) in [6.45, 7) is 0. The van der Waals surface area contributed by atoms with E-state index in [1.807, 2.05) is 0 Å². The Morgan fingerprint density at radius 2 is 1.18 bits per heavy atom. The van der Waals surface area contributed by atoms with Crippen molar-refractivity contribution < 1.29 is 133 Å². The first-order valence-corrected chi connectivity index (χ1v) is 11.4. The SMILES string of the molecule is O=P(O)(O)C(c1ccc(S(=O)(=O)O)cc1)c1c(Cl)c(Cl)c(Cl)c(Cl)c1Cl.[H-].[H-].[K+].[K+]. The van der Waals surface area contributed by atoms with E-state index in [1.54, 1.807) is 0 Å². The first-order valence-electron chi connectivity index (χ1n) is 6.40. The fourth-order valence-electron chi connectivity index (χ4n) is 2.21. The van der Waals surface area contributed by atoms with Crippen molar-refractivity contribution >= 4 is 75.7 Å². The van der Waals surface area contributed by atoms with Crippen LogP contribution >= 0.6 is 65.6 Å². The summed E-state index contributed by atoms with van der Waals surface area (Å²) in [4.78, 5) is 19.2. The topological polar surface area (TPSA) is 112 Å². The zero-order valence-electron chi connectivity index (χ0n) is 16.2. The van der Waals surface area contributed by atoms with E-state index >= 15 is 0 Å². The molecule has 28 heavy (non-hydrogen) atoms.